The number of rotatable bonds is 7. The van der Waals surface area contributed by atoms with Crippen molar-refractivity contribution in [2.45, 2.75) is 69.9 Å². The van der Waals surface area contributed by atoms with Crippen LogP contribution in [0, 0.1) is 0 Å². The zero-order chi connectivity index (χ0) is 22.3. The Bertz CT molecular complexity index is 949. The van der Waals surface area contributed by atoms with Gasteiger partial charge >= 0.3 is 0 Å². The topological polar surface area (TPSA) is 65.1 Å². The van der Waals surface area contributed by atoms with Gasteiger partial charge in [0.2, 0.25) is 5.95 Å². The third kappa shape index (κ3) is 6.09. The monoisotopic (exact) mass is 452 g/mol. The molecule has 172 valence electrons. The summed E-state index contributed by atoms with van der Waals surface area (Å²) in [6.07, 6.45) is 13.1. The SMILES string of the molecule is CN(C)c1nc(NC2CCC(NC(=S)NCCC3=CCCCC3)CC2)nc2ccccc12. The number of benzene rings is 1. The average molecular weight is 453 g/mol. The van der Waals surface area contributed by atoms with E-state index in [0.717, 1.165) is 66.4 Å². The smallest absolute Gasteiger partial charge is 0.225 e. The van der Waals surface area contributed by atoms with Gasteiger partial charge in [-0.15, -0.1) is 0 Å². The lowest BCUT2D eigenvalue weighted by Crippen LogP contribution is -2.45. The van der Waals surface area contributed by atoms with Crippen molar-refractivity contribution in [2.24, 2.45) is 0 Å². The van der Waals surface area contributed by atoms with Gasteiger partial charge in [0.15, 0.2) is 5.11 Å². The zero-order valence-corrected chi connectivity index (χ0v) is 20.2. The molecule has 0 aliphatic heterocycles. The number of aromatic nitrogens is 2. The molecular formula is C25H36N6S. The van der Waals surface area contributed by atoms with Crippen LogP contribution in [0.4, 0.5) is 11.8 Å². The van der Waals surface area contributed by atoms with Crippen LogP contribution in [0.15, 0.2) is 35.9 Å². The van der Waals surface area contributed by atoms with Crippen molar-refractivity contribution in [3.05, 3.63) is 35.9 Å². The van der Waals surface area contributed by atoms with Crippen molar-refractivity contribution < 1.29 is 0 Å². The van der Waals surface area contributed by atoms with Crippen molar-refractivity contribution in [1.29, 1.82) is 0 Å². The normalized spacial score (nSPS) is 21.0. The van der Waals surface area contributed by atoms with E-state index in [0.29, 0.717) is 12.1 Å². The van der Waals surface area contributed by atoms with Crippen molar-refractivity contribution in [1.82, 2.24) is 20.6 Å². The van der Waals surface area contributed by atoms with Crippen LogP contribution in [0.25, 0.3) is 10.9 Å². The molecule has 1 fully saturated rings. The lowest BCUT2D eigenvalue weighted by atomic mass is 9.91. The van der Waals surface area contributed by atoms with Gasteiger partial charge in [0.1, 0.15) is 5.82 Å². The fourth-order valence-corrected chi connectivity index (χ4v) is 5.00. The summed E-state index contributed by atoms with van der Waals surface area (Å²) in [5.74, 6) is 1.67. The van der Waals surface area contributed by atoms with Crippen LogP contribution in [-0.4, -0.2) is 47.8 Å². The Hall–Kier alpha value is -2.41. The van der Waals surface area contributed by atoms with Gasteiger partial charge in [-0.05, 0) is 82.1 Å². The molecule has 2 aliphatic carbocycles. The number of para-hydroxylation sites is 1. The van der Waals surface area contributed by atoms with Crippen LogP contribution in [-0.2, 0) is 0 Å². The van der Waals surface area contributed by atoms with E-state index < -0.39 is 0 Å². The van der Waals surface area contributed by atoms with Crippen LogP contribution in [0.3, 0.4) is 0 Å². The standard InChI is InChI=1S/C25H36N6S/c1-31(2)23-21-10-6-7-11-22(21)29-24(30-23)27-19-12-14-20(15-13-19)28-25(32)26-17-16-18-8-4-3-5-9-18/h6-8,10-11,19-20H,3-5,9,12-17H2,1-2H3,(H2,26,28,32)(H,27,29,30). The Kier molecular flexibility index (Phi) is 7.79. The van der Waals surface area contributed by atoms with Crippen molar-refractivity contribution >= 4 is 40.0 Å². The highest BCUT2D eigenvalue weighted by Gasteiger charge is 2.22. The molecule has 0 radical (unpaired) electrons. The largest absolute Gasteiger partial charge is 0.362 e. The molecule has 0 bridgehead atoms. The van der Waals surface area contributed by atoms with Gasteiger partial charge in [-0.2, -0.15) is 4.98 Å². The fraction of sp³-hybridized carbons (Fsp3) is 0.560. The third-order valence-electron chi connectivity index (χ3n) is 6.52. The van der Waals surface area contributed by atoms with Gasteiger partial charge in [-0.1, -0.05) is 23.8 Å². The second-order valence-corrected chi connectivity index (χ2v) is 9.64. The molecule has 2 aliphatic rings. The first-order chi connectivity index (χ1) is 15.6. The van der Waals surface area contributed by atoms with Crippen molar-refractivity contribution in [3.63, 3.8) is 0 Å². The van der Waals surface area contributed by atoms with E-state index in [4.69, 9.17) is 22.2 Å². The summed E-state index contributed by atoms with van der Waals surface area (Å²) in [5, 5.41) is 12.4. The summed E-state index contributed by atoms with van der Waals surface area (Å²) >= 11 is 5.54. The molecular weight excluding hydrogens is 416 g/mol. The predicted molar refractivity (Wildman–Crippen MR) is 138 cm³/mol. The fourth-order valence-electron chi connectivity index (χ4n) is 4.73. The Morgan fingerprint density at radius 3 is 2.59 bits per heavy atom. The predicted octanol–water partition coefficient (Wildman–Crippen LogP) is 4.77. The van der Waals surface area contributed by atoms with Crippen molar-refractivity contribution in [2.75, 3.05) is 30.9 Å². The number of hydrogen-bond acceptors (Lipinski definition) is 5. The number of hydrogen-bond donors (Lipinski definition) is 3. The molecule has 2 aromatic rings. The zero-order valence-electron chi connectivity index (χ0n) is 19.4. The van der Waals surface area contributed by atoms with Gasteiger partial charge in [-0.25, -0.2) is 4.98 Å². The minimum atomic E-state index is 0.393. The lowest BCUT2D eigenvalue weighted by molar-refractivity contribution is 0.385. The van der Waals surface area contributed by atoms with E-state index >= 15 is 0 Å². The van der Waals surface area contributed by atoms with Crippen molar-refractivity contribution in [3.8, 4) is 0 Å². The summed E-state index contributed by atoms with van der Waals surface area (Å²) in [7, 11) is 4.05. The number of fused-ring (bicyclic) bond motifs is 1. The molecule has 1 aromatic carbocycles. The lowest BCUT2D eigenvalue weighted by Gasteiger charge is -2.30. The highest BCUT2D eigenvalue weighted by molar-refractivity contribution is 7.80. The molecule has 0 saturated heterocycles. The molecule has 0 unspecified atom stereocenters. The molecule has 1 heterocycles. The summed E-state index contributed by atoms with van der Waals surface area (Å²) < 4.78 is 0. The maximum atomic E-state index is 5.54. The molecule has 4 rings (SSSR count). The Labute approximate surface area is 197 Å². The van der Waals surface area contributed by atoms with E-state index in [1.165, 1.54) is 25.7 Å². The molecule has 0 amide bonds. The summed E-state index contributed by atoms with van der Waals surface area (Å²) in [4.78, 5) is 11.6. The summed E-state index contributed by atoms with van der Waals surface area (Å²) in [5.41, 5.74) is 2.57. The molecule has 1 saturated carbocycles. The van der Waals surface area contributed by atoms with E-state index in [1.807, 2.05) is 26.2 Å². The molecule has 6 nitrogen and oxygen atoms in total. The summed E-state index contributed by atoms with van der Waals surface area (Å²) in [6.45, 7) is 0.933. The van der Waals surface area contributed by atoms with Crippen LogP contribution in [0.1, 0.15) is 57.8 Å². The second-order valence-electron chi connectivity index (χ2n) is 9.23. The molecule has 3 N–H and O–H groups in total. The average Bonchev–Trinajstić information content (AvgIpc) is 2.80. The molecule has 0 atom stereocenters. The van der Waals surface area contributed by atoms with E-state index in [1.54, 1.807) is 5.57 Å². The number of thiocarbonyl (C=S) groups is 1. The first-order valence-electron chi connectivity index (χ1n) is 12.0. The number of anilines is 2. The van der Waals surface area contributed by atoms with Gasteiger partial charge in [0.25, 0.3) is 0 Å². The Morgan fingerprint density at radius 1 is 1.06 bits per heavy atom. The molecule has 7 heteroatoms. The van der Waals surface area contributed by atoms with Gasteiger partial charge in [0.05, 0.1) is 5.52 Å². The second kappa shape index (κ2) is 10.9. The minimum Gasteiger partial charge on any atom is -0.362 e. The van der Waals surface area contributed by atoms with Crippen LogP contribution >= 0.6 is 12.2 Å². The van der Waals surface area contributed by atoms with Crippen LogP contribution < -0.4 is 20.9 Å². The number of nitrogens with one attached hydrogen (secondary N) is 3. The van der Waals surface area contributed by atoms with E-state index in [2.05, 4.69) is 39.1 Å². The van der Waals surface area contributed by atoms with Gasteiger partial charge in [0, 0.05) is 38.1 Å². The number of nitrogens with zero attached hydrogens (tertiary/aromatic N) is 3. The first kappa shape index (κ1) is 22.8. The van der Waals surface area contributed by atoms with Gasteiger partial charge in [-0.3, -0.25) is 0 Å². The highest BCUT2D eigenvalue weighted by atomic mass is 32.1. The maximum Gasteiger partial charge on any atom is 0.225 e. The van der Waals surface area contributed by atoms with Crippen LogP contribution in [0.5, 0.6) is 0 Å². The Balaban J connectivity index is 1.23. The Morgan fingerprint density at radius 2 is 1.84 bits per heavy atom. The van der Waals surface area contributed by atoms with Crippen LogP contribution in [0.2, 0.25) is 0 Å². The maximum absolute atomic E-state index is 5.54. The molecule has 1 aromatic heterocycles. The molecule has 0 spiro atoms. The number of allylic oxidation sites excluding steroid dienone is 1. The summed E-state index contributed by atoms with van der Waals surface area (Å²) in [6, 6.07) is 9.02. The minimum absolute atomic E-state index is 0.393. The third-order valence-corrected chi connectivity index (χ3v) is 6.78. The molecule has 32 heavy (non-hydrogen) atoms. The van der Waals surface area contributed by atoms with E-state index in [-0.39, 0.29) is 0 Å². The highest BCUT2D eigenvalue weighted by Crippen LogP contribution is 2.26. The van der Waals surface area contributed by atoms with E-state index in [9.17, 15) is 0 Å². The first-order valence-corrected chi connectivity index (χ1v) is 12.4. The van der Waals surface area contributed by atoms with Gasteiger partial charge < -0.3 is 20.9 Å². The quantitative estimate of drug-likeness (QED) is 0.413.